The lowest BCUT2D eigenvalue weighted by Crippen LogP contribution is -2.54. The van der Waals surface area contributed by atoms with Crippen molar-refractivity contribution in [2.45, 2.75) is 45.7 Å². The molecule has 2 aromatic carbocycles. The minimum Gasteiger partial charge on any atom is -0.349 e. The molecule has 7 heteroatoms. The molecule has 0 aliphatic carbocycles. The molecule has 1 amide bonds. The van der Waals surface area contributed by atoms with Gasteiger partial charge in [-0.05, 0) is 57.4 Å². The van der Waals surface area contributed by atoms with Crippen molar-refractivity contribution in [1.82, 2.24) is 5.32 Å². The Bertz CT molecular complexity index is 943. The van der Waals surface area contributed by atoms with E-state index in [1.165, 1.54) is 0 Å². The van der Waals surface area contributed by atoms with Crippen LogP contribution in [-0.2, 0) is 21.2 Å². The molecule has 1 N–H and O–H groups in total. The van der Waals surface area contributed by atoms with Crippen LogP contribution < -0.4 is 9.62 Å². The Balaban J connectivity index is 2.28. The van der Waals surface area contributed by atoms with Gasteiger partial charge in [0.05, 0.1) is 11.9 Å². The molecule has 1 atom stereocenters. The number of carbonyl (C=O) groups excluding carboxylic acids is 1. The number of hydrogen-bond donors (Lipinski definition) is 1. The zero-order chi connectivity index (χ0) is 21.1. The summed E-state index contributed by atoms with van der Waals surface area (Å²) in [5.41, 5.74) is 1.67. The van der Waals surface area contributed by atoms with Gasteiger partial charge in [0.15, 0.2) is 0 Å². The van der Waals surface area contributed by atoms with Crippen LogP contribution in [0.4, 0.5) is 5.69 Å². The fourth-order valence-electron chi connectivity index (χ4n) is 3.19. The topological polar surface area (TPSA) is 66.5 Å². The van der Waals surface area contributed by atoms with E-state index < -0.39 is 21.6 Å². The summed E-state index contributed by atoms with van der Waals surface area (Å²) in [5.74, 6) is -0.370. The van der Waals surface area contributed by atoms with Crippen molar-refractivity contribution in [3.63, 3.8) is 0 Å². The average Bonchev–Trinajstić information content (AvgIpc) is 2.57. The van der Waals surface area contributed by atoms with Gasteiger partial charge in [-0.3, -0.25) is 9.10 Å². The van der Waals surface area contributed by atoms with E-state index in [0.717, 1.165) is 21.7 Å². The van der Waals surface area contributed by atoms with E-state index in [9.17, 15) is 13.2 Å². The zero-order valence-electron chi connectivity index (χ0n) is 16.9. The monoisotopic (exact) mass is 422 g/mol. The normalized spacial score (nSPS) is 13.1. The summed E-state index contributed by atoms with van der Waals surface area (Å²) >= 11 is 6.07. The highest BCUT2D eigenvalue weighted by atomic mass is 35.5. The van der Waals surface area contributed by atoms with E-state index in [1.54, 1.807) is 32.0 Å². The second-order valence-corrected chi connectivity index (χ2v) is 10.00. The summed E-state index contributed by atoms with van der Waals surface area (Å²) in [6, 6.07) is 13.9. The summed E-state index contributed by atoms with van der Waals surface area (Å²) in [5, 5.41) is 3.39. The fourth-order valence-corrected chi connectivity index (χ4v) is 4.58. The number of aryl methyl sites for hydroxylation is 1. The molecule has 0 aromatic heterocycles. The molecule has 0 aliphatic heterocycles. The molecule has 0 fully saturated rings. The van der Waals surface area contributed by atoms with Gasteiger partial charge in [-0.2, -0.15) is 0 Å². The van der Waals surface area contributed by atoms with E-state index in [4.69, 9.17) is 11.6 Å². The molecule has 0 aliphatic rings. The van der Waals surface area contributed by atoms with Crippen LogP contribution in [0.5, 0.6) is 0 Å². The van der Waals surface area contributed by atoms with E-state index in [0.29, 0.717) is 17.1 Å². The molecular formula is C21H27ClN2O3S. The van der Waals surface area contributed by atoms with Crippen LogP contribution in [0.15, 0.2) is 48.5 Å². The lowest BCUT2D eigenvalue weighted by molar-refractivity contribution is -0.123. The van der Waals surface area contributed by atoms with Crippen LogP contribution in [0.1, 0.15) is 31.9 Å². The van der Waals surface area contributed by atoms with Crippen molar-refractivity contribution in [2.24, 2.45) is 0 Å². The van der Waals surface area contributed by atoms with Crippen LogP contribution in [0.25, 0.3) is 0 Å². The largest absolute Gasteiger partial charge is 0.349 e. The summed E-state index contributed by atoms with van der Waals surface area (Å²) in [7, 11) is -3.70. The van der Waals surface area contributed by atoms with Gasteiger partial charge in [0, 0.05) is 10.6 Å². The summed E-state index contributed by atoms with van der Waals surface area (Å²) in [6.07, 6.45) is 1.72. The lowest BCUT2D eigenvalue weighted by atomic mass is 9.94. The maximum absolute atomic E-state index is 13.0. The lowest BCUT2D eigenvalue weighted by Gasteiger charge is -2.33. The summed E-state index contributed by atoms with van der Waals surface area (Å²) in [4.78, 5) is 13.0. The number of carbonyl (C=O) groups is 1. The SMILES string of the molecule is Cc1ccc(Cl)cc1N([C@H](C)C(=O)NC(C)(C)Cc1ccccc1)S(C)(=O)=O. The molecule has 0 unspecified atom stereocenters. The van der Waals surface area contributed by atoms with E-state index >= 15 is 0 Å². The molecule has 2 aromatic rings. The number of rotatable bonds is 7. The number of sulfonamides is 1. The fraction of sp³-hybridized carbons (Fsp3) is 0.381. The number of hydrogen-bond acceptors (Lipinski definition) is 3. The standard InChI is InChI=1S/C21H27ClN2O3S/c1-15-11-12-18(22)13-19(15)24(28(5,26)27)16(2)20(25)23-21(3,4)14-17-9-7-6-8-10-17/h6-13,16H,14H2,1-5H3,(H,23,25)/t16-/m1/s1. The number of nitrogens with one attached hydrogen (secondary N) is 1. The van der Waals surface area contributed by atoms with E-state index in [1.807, 2.05) is 44.2 Å². The van der Waals surface area contributed by atoms with Crippen molar-refractivity contribution in [1.29, 1.82) is 0 Å². The molecule has 28 heavy (non-hydrogen) atoms. The van der Waals surface area contributed by atoms with Crippen LogP contribution >= 0.6 is 11.6 Å². The molecule has 0 bridgehead atoms. The predicted molar refractivity (Wildman–Crippen MR) is 115 cm³/mol. The van der Waals surface area contributed by atoms with Gasteiger partial charge in [0.1, 0.15) is 6.04 Å². The molecule has 152 valence electrons. The maximum atomic E-state index is 13.0. The molecule has 2 rings (SSSR count). The van der Waals surface area contributed by atoms with Gasteiger partial charge in [-0.15, -0.1) is 0 Å². The number of nitrogens with zero attached hydrogens (tertiary/aromatic N) is 1. The maximum Gasteiger partial charge on any atom is 0.244 e. The van der Waals surface area contributed by atoms with Crippen molar-refractivity contribution in [2.75, 3.05) is 10.6 Å². The summed E-state index contributed by atoms with van der Waals surface area (Å²) < 4.78 is 26.1. The quantitative estimate of drug-likeness (QED) is 0.734. The number of amides is 1. The molecule has 0 saturated carbocycles. The van der Waals surface area contributed by atoms with Gasteiger partial charge in [0.25, 0.3) is 0 Å². The Morgan fingerprint density at radius 3 is 2.36 bits per heavy atom. The highest BCUT2D eigenvalue weighted by molar-refractivity contribution is 7.92. The van der Waals surface area contributed by atoms with Crippen LogP contribution in [0, 0.1) is 6.92 Å². The Hall–Kier alpha value is -2.05. The van der Waals surface area contributed by atoms with Crippen molar-refractivity contribution in [3.05, 3.63) is 64.7 Å². The Kier molecular flexibility index (Phi) is 6.78. The average molecular weight is 423 g/mol. The van der Waals surface area contributed by atoms with Gasteiger partial charge >= 0.3 is 0 Å². The number of halogens is 1. The minimum absolute atomic E-state index is 0.370. The Morgan fingerprint density at radius 2 is 1.79 bits per heavy atom. The Labute approximate surface area is 172 Å². The first-order valence-corrected chi connectivity index (χ1v) is 11.2. The first kappa shape index (κ1) is 22.2. The molecule has 0 radical (unpaired) electrons. The first-order chi connectivity index (χ1) is 12.9. The molecular weight excluding hydrogens is 396 g/mol. The van der Waals surface area contributed by atoms with Crippen LogP contribution in [0.2, 0.25) is 5.02 Å². The van der Waals surface area contributed by atoms with Crippen molar-refractivity contribution < 1.29 is 13.2 Å². The van der Waals surface area contributed by atoms with Gasteiger partial charge < -0.3 is 5.32 Å². The van der Waals surface area contributed by atoms with Gasteiger partial charge in [-0.1, -0.05) is 48.0 Å². The molecule has 0 heterocycles. The predicted octanol–water partition coefficient (Wildman–Crippen LogP) is 3.94. The third-order valence-electron chi connectivity index (χ3n) is 4.45. The second-order valence-electron chi connectivity index (χ2n) is 7.70. The smallest absolute Gasteiger partial charge is 0.244 e. The highest BCUT2D eigenvalue weighted by Crippen LogP contribution is 2.28. The Morgan fingerprint density at radius 1 is 1.18 bits per heavy atom. The summed E-state index contributed by atoms with van der Waals surface area (Å²) in [6.45, 7) is 7.20. The highest BCUT2D eigenvalue weighted by Gasteiger charge is 2.33. The third-order valence-corrected chi connectivity index (χ3v) is 5.91. The van der Waals surface area contributed by atoms with Gasteiger partial charge in [-0.25, -0.2) is 8.42 Å². The van der Waals surface area contributed by atoms with Gasteiger partial charge in [0.2, 0.25) is 15.9 Å². The van der Waals surface area contributed by atoms with Crippen molar-refractivity contribution in [3.8, 4) is 0 Å². The molecule has 0 spiro atoms. The zero-order valence-corrected chi connectivity index (χ0v) is 18.4. The minimum atomic E-state index is -3.70. The number of benzene rings is 2. The van der Waals surface area contributed by atoms with Crippen molar-refractivity contribution >= 4 is 33.2 Å². The van der Waals surface area contributed by atoms with E-state index in [2.05, 4.69) is 5.32 Å². The second kappa shape index (κ2) is 8.53. The van der Waals surface area contributed by atoms with E-state index in [-0.39, 0.29) is 5.91 Å². The van der Waals surface area contributed by atoms with Crippen LogP contribution in [-0.4, -0.2) is 32.2 Å². The molecule has 0 saturated heterocycles. The molecule has 5 nitrogen and oxygen atoms in total. The van der Waals surface area contributed by atoms with Crippen LogP contribution in [0.3, 0.4) is 0 Å². The third kappa shape index (κ3) is 5.72. The first-order valence-electron chi connectivity index (χ1n) is 9.02. The number of anilines is 1.